The van der Waals surface area contributed by atoms with Gasteiger partial charge >= 0.3 is 0 Å². The van der Waals surface area contributed by atoms with Gasteiger partial charge < -0.3 is 10.2 Å². The molecule has 0 bridgehead atoms. The fourth-order valence-electron chi connectivity index (χ4n) is 3.33. The van der Waals surface area contributed by atoms with E-state index >= 15 is 0 Å². The molecule has 24 heavy (non-hydrogen) atoms. The van der Waals surface area contributed by atoms with Crippen molar-refractivity contribution in [2.24, 2.45) is 0 Å². The fraction of sp³-hybridized carbons (Fsp3) is 0.389. The van der Waals surface area contributed by atoms with Crippen LogP contribution >= 0.6 is 0 Å². The van der Waals surface area contributed by atoms with Crippen LogP contribution in [-0.2, 0) is 0 Å². The Morgan fingerprint density at radius 3 is 2.71 bits per heavy atom. The Bertz CT molecular complexity index is 832. The predicted octanol–water partition coefficient (Wildman–Crippen LogP) is 2.52. The van der Waals surface area contributed by atoms with Crippen LogP contribution in [0.4, 0.5) is 5.82 Å². The second kappa shape index (κ2) is 6.20. The van der Waals surface area contributed by atoms with Crippen molar-refractivity contribution in [3.63, 3.8) is 0 Å². The van der Waals surface area contributed by atoms with Gasteiger partial charge in [-0.3, -0.25) is 10.1 Å². The molecular weight excluding hydrogens is 300 g/mol. The summed E-state index contributed by atoms with van der Waals surface area (Å²) in [5.74, 6) is 0.936. The lowest BCUT2D eigenvalue weighted by molar-refractivity contribution is 0.441. The van der Waals surface area contributed by atoms with Crippen LogP contribution in [0.3, 0.4) is 0 Å². The number of hydrogen-bond donors (Lipinski definition) is 2. The molecule has 1 fully saturated rings. The molecule has 2 N–H and O–H groups in total. The molecule has 124 valence electrons. The Balaban J connectivity index is 1.59. The van der Waals surface area contributed by atoms with E-state index in [9.17, 15) is 0 Å². The molecule has 3 heterocycles. The van der Waals surface area contributed by atoms with Crippen LogP contribution in [0, 0.1) is 6.92 Å². The van der Waals surface area contributed by atoms with Crippen LogP contribution in [0.25, 0.3) is 22.2 Å². The van der Waals surface area contributed by atoms with Gasteiger partial charge in [0.2, 0.25) is 0 Å². The average molecular weight is 322 g/mol. The largest absolute Gasteiger partial charge is 0.355 e. The highest BCUT2D eigenvalue weighted by molar-refractivity contribution is 5.85. The molecule has 0 saturated carbocycles. The molecular formula is C18H22N6. The first-order chi connectivity index (χ1) is 11.7. The number of aromatic amines is 1. The lowest BCUT2D eigenvalue weighted by Crippen LogP contribution is -2.41. The number of piperidine rings is 1. The normalized spacial score (nSPS) is 15.8. The van der Waals surface area contributed by atoms with Gasteiger partial charge in [-0.1, -0.05) is 6.07 Å². The highest BCUT2D eigenvalue weighted by Crippen LogP contribution is 2.24. The molecule has 3 aromatic rings. The van der Waals surface area contributed by atoms with Crippen molar-refractivity contribution >= 4 is 16.7 Å². The molecule has 1 aliphatic rings. The molecule has 0 spiro atoms. The minimum absolute atomic E-state index is 0.538. The third-order valence-electron chi connectivity index (χ3n) is 4.90. The summed E-state index contributed by atoms with van der Waals surface area (Å²) < 4.78 is 0. The molecule has 1 aromatic carbocycles. The van der Waals surface area contributed by atoms with Crippen LogP contribution in [-0.4, -0.2) is 46.3 Å². The number of anilines is 1. The van der Waals surface area contributed by atoms with Crippen molar-refractivity contribution in [3.05, 3.63) is 36.3 Å². The van der Waals surface area contributed by atoms with Gasteiger partial charge in [-0.15, -0.1) is 0 Å². The third kappa shape index (κ3) is 2.73. The van der Waals surface area contributed by atoms with Crippen LogP contribution in [0.15, 0.2) is 30.6 Å². The first-order valence-electron chi connectivity index (χ1n) is 8.43. The third-order valence-corrected chi connectivity index (χ3v) is 4.90. The standard InChI is InChI=1S/C18H22N6/c1-12-15-9-13(3-4-16(15)23-22-12)17-10-21-18(11-20-17)24(2)14-5-7-19-8-6-14/h3-4,9-11,14,19H,5-8H2,1-2H3,(H,22,23). The summed E-state index contributed by atoms with van der Waals surface area (Å²) in [5, 5.41) is 11.8. The van der Waals surface area contributed by atoms with Crippen LogP contribution in [0.5, 0.6) is 0 Å². The summed E-state index contributed by atoms with van der Waals surface area (Å²) in [6, 6.07) is 6.72. The molecule has 4 rings (SSSR count). The Morgan fingerprint density at radius 1 is 1.12 bits per heavy atom. The number of nitrogens with zero attached hydrogens (tertiary/aromatic N) is 4. The second-order valence-electron chi connectivity index (χ2n) is 6.43. The number of hydrogen-bond acceptors (Lipinski definition) is 5. The van der Waals surface area contributed by atoms with E-state index in [-0.39, 0.29) is 0 Å². The van der Waals surface area contributed by atoms with Gasteiger partial charge in [-0.25, -0.2) is 4.98 Å². The van der Waals surface area contributed by atoms with Crippen molar-refractivity contribution < 1.29 is 0 Å². The van der Waals surface area contributed by atoms with Crippen molar-refractivity contribution in [1.82, 2.24) is 25.5 Å². The predicted molar refractivity (Wildman–Crippen MR) is 96.2 cm³/mol. The Morgan fingerprint density at radius 2 is 1.96 bits per heavy atom. The zero-order valence-electron chi connectivity index (χ0n) is 14.1. The Kier molecular flexibility index (Phi) is 3.90. The van der Waals surface area contributed by atoms with Crippen molar-refractivity contribution in [2.45, 2.75) is 25.8 Å². The van der Waals surface area contributed by atoms with E-state index in [1.54, 1.807) is 0 Å². The number of fused-ring (bicyclic) bond motifs is 1. The quantitative estimate of drug-likeness (QED) is 0.775. The minimum Gasteiger partial charge on any atom is -0.355 e. The van der Waals surface area contributed by atoms with E-state index < -0.39 is 0 Å². The maximum atomic E-state index is 4.64. The summed E-state index contributed by atoms with van der Waals surface area (Å²) in [6.07, 6.45) is 6.04. The maximum Gasteiger partial charge on any atom is 0.147 e. The van der Waals surface area contributed by atoms with Gasteiger partial charge in [0.05, 0.1) is 23.6 Å². The molecule has 1 aliphatic heterocycles. The second-order valence-corrected chi connectivity index (χ2v) is 6.43. The summed E-state index contributed by atoms with van der Waals surface area (Å²) in [5.41, 5.74) is 4.00. The van der Waals surface area contributed by atoms with Crippen LogP contribution in [0.2, 0.25) is 0 Å². The summed E-state index contributed by atoms with van der Waals surface area (Å²) in [6.45, 7) is 4.18. The van der Waals surface area contributed by atoms with Gasteiger partial charge in [0.15, 0.2) is 0 Å². The number of nitrogens with one attached hydrogen (secondary N) is 2. The highest BCUT2D eigenvalue weighted by atomic mass is 15.2. The maximum absolute atomic E-state index is 4.64. The molecule has 6 heteroatoms. The zero-order chi connectivity index (χ0) is 16.5. The Labute approximate surface area is 141 Å². The number of H-pyrrole nitrogens is 1. The fourth-order valence-corrected chi connectivity index (χ4v) is 3.33. The number of rotatable bonds is 3. The molecule has 1 saturated heterocycles. The van der Waals surface area contributed by atoms with E-state index in [1.807, 2.05) is 31.5 Å². The monoisotopic (exact) mass is 322 g/mol. The lowest BCUT2D eigenvalue weighted by atomic mass is 10.1. The van der Waals surface area contributed by atoms with E-state index in [0.717, 1.165) is 59.6 Å². The van der Waals surface area contributed by atoms with E-state index in [1.165, 1.54) is 0 Å². The van der Waals surface area contributed by atoms with Crippen molar-refractivity contribution in [3.8, 4) is 11.3 Å². The summed E-state index contributed by atoms with van der Waals surface area (Å²) in [7, 11) is 2.11. The smallest absolute Gasteiger partial charge is 0.147 e. The van der Waals surface area contributed by atoms with E-state index in [4.69, 9.17) is 0 Å². The van der Waals surface area contributed by atoms with Gasteiger partial charge in [0.1, 0.15) is 5.82 Å². The molecule has 0 amide bonds. The van der Waals surface area contributed by atoms with Gasteiger partial charge in [-0.05, 0) is 45.0 Å². The molecule has 0 radical (unpaired) electrons. The highest BCUT2D eigenvalue weighted by Gasteiger charge is 2.19. The summed E-state index contributed by atoms with van der Waals surface area (Å²) in [4.78, 5) is 11.5. The van der Waals surface area contributed by atoms with Gasteiger partial charge in [0, 0.05) is 29.7 Å². The molecule has 0 aliphatic carbocycles. The molecule has 0 atom stereocenters. The first-order valence-corrected chi connectivity index (χ1v) is 8.43. The van der Waals surface area contributed by atoms with Crippen molar-refractivity contribution in [1.29, 1.82) is 0 Å². The zero-order valence-corrected chi connectivity index (χ0v) is 14.1. The number of aromatic nitrogens is 4. The van der Waals surface area contributed by atoms with Gasteiger partial charge in [-0.2, -0.15) is 5.10 Å². The lowest BCUT2D eigenvalue weighted by Gasteiger charge is -2.32. The first kappa shape index (κ1) is 15.1. The van der Waals surface area contributed by atoms with Gasteiger partial charge in [0.25, 0.3) is 0 Å². The summed E-state index contributed by atoms with van der Waals surface area (Å²) >= 11 is 0. The topological polar surface area (TPSA) is 69.7 Å². The molecule has 0 unspecified atom stereocenters. The average Bonchev–Trinajstić information content (AvgIpc) is 3.02. The molecule has 2 aromatic heterocycles. The number of aryl methyl sites for hydroxylation is 1. The van der Waals surface area contributed by atoms with Crippen molar-refractivity contribution in [2.75, 3.05) is 25.0 Å². The SMILES string of the molecule is Cc1[nH]nc2ccc(-c3cnc(N(C)C4CCNCC4)cn3)cc12. The van der Waals surface area contributed by atoms with E-state index in [2.05, 4.69) is 43.5 Å². The van der Waals surface area contributed by atoms with Crippen LogP contribution in [0.1, 0.15) is 18.5 Å². The molecule has 6 nitrogen and oxygen atoms in total. The number of benzene rings is 1. The van der Waals surface area contributed by atoms with E-state index in [0.29, 0.717) is 6.04 Å². The Hall–Kier alpha value is -2.47. The van der Waals surface area contributed by atoms with Crippen LogP contribution < -0.4 is 10.2 Å². The minimum atomic E-state index is 0.538.